The van der Waals surface area contributed by atoms with Crippen LogP contribution in [0.1, 0.15) is 105 Å². The summed E-state index contributed by atoms with van der Waals surface area (Å²) in [4.78, 5) is 28.6. The van der Waals surface area contributed by atoms with E-state index in [1.165, 1.54) is 51.4 Å². The Morgan fingerprint density at radius 2 is 1.45 bits per heavy atom. The predicted octanol–water partition coefficient (Wildman–Crippen LogP) is 3.97. The van der Waals surface area contributed by atoms with E-state index in [-0.39, 0.29) is 11.9 Å². The second kappa shape index (κ2) is 17.7. The van der Waals surface area contributed by atoms with Gasteiger partial charge in [0.2, 0.25) is 5.91 Å². The lowest BCUT2D eigenvalue weighted by Gasteiger charge is -2.23. The molecule has 0 aromatic rings. The average molecular weight is 442 g/mol. The first-order chi connectivity index (χ1) is 14.7. The molecule has 0 aliphatic carbocycles. The number of carbonyl (C=O) groups excluding carboxylic acids is 2. The molecule has 182 valence electrons. The fourth-order valence-corrected chi connectivity index (χ4v) is 3.17. The van der Waals surface area contributed by atoms with E-state index in [2.05, 4.69) is 22.5 Å². The number of nitrogens with zero attached hydrogens (tertiary/aromatic N) is 1. The molecular weight excluding hydrogens is 394 g/mol. The Bertz CT molecular complexity index is 514. The van der Waals surface area contributed by atoms with Crippen molar-refractivity contribution >= 4 is 18.0 Å². The Balaban J connectivity index is 4.19. The number of amides is 2. The molecular formula is C23H47N5O3. The first-order valence-electron chi connectivity index (χ1n) is 12.0. The minimum absolute atomic E-state index is 0.0158. The van der Waals surface area contributed by atoms with Gasteiger partial charge in [-0.05, 0) is 40.0 Å². The first kappa shape index (κ1) is 29.0. The van der Waals surface area contributed by atoms with Crippen LogP contribution in [-0.4, -0.2) is 42.7 Å². The maximum Gasteiger partial charge on any atom is 0.408 e. The second-order valence-corrected chi connectivity index (χ2v) is 9.12. The van der Waals surface area contributed by atoms with Crippen LogP contribution in [0.5, 0.6) is 0 Å². The number of unbranched alkanes of at least 4 members (excludes halogenated alkanes) is 9. The molecule has 0 unspecified atom stereocenters. The highest BCUT2D eigenvalue weighted by Crippen LogP contribution is 2.11. The highest BCUT2D eigenvalue weighted by atomic mass is 16.6. The highest BCUT2D eigenvalue weighted by molar-refractivity contribution is 5.85. The SMILES string of the molecule is CCCCCCCCCCCCNC(=O)[C@H](CCCN=C(N)N)NC(=O)OC(C)(C)C. The van der Waals surface area contributed by atoms with Gasteiger partial charge in [0.1, 0.15) is 11.6 Å². The van der Waals surface area contributed by atoms with Gasteiger partial charge in [-0.15, -0.1) is 0 Å². The van der Waals surface area contributed by atoms with Gasteiger partial charge in [-0.3, -0.25) is 9.79 Å². The molecule has 0 fully saturated rings. The lowest BCUT2D eigenvalue weighted by atomic mass is 10.1. The van der Waals surface area contributed by atoms with E-state index < -0.39 is 17.7 Å². The molecule has 0 bridgehead atoms. The monoisotopic (exact) mass is 441 g/mol. The molecule has 0 aromatic carbocycles. The lowest BCUT2D eigenvalue weighted by Crippen LogP contribution is -2.48. The van der Waals surface area contributed by atoms with Gasteiger partial charge in [0.25, 0.3) is 0 Å². The number of nitrogens with two attached hydrogens (primary N) is 2. The number of ether oxygens (including phenoxy) is 1. The Morgan fingerprint density at radius 1 is 0.903 bits per heavy atom. The van der Waals surface area contributed by atoms with Gasteiger partial charge in [-0.1, -0.05) is 64.7 Å². The zero-order chi connectivity index (χ0) is 23.5. The number of guanidine groups is 1. The molecule has 1 atom stereocenters. The maximum atomic E-state index is 12.6. The van der Waals surface area contributed by atoms with Crippen molar-refractivity contribution in [2.75, 3.05) is 13.1 Å². The summed E-state index contributed by atoms with van der Waals surface area (Å²) in [5.41, 5.74) is 10.0. The van der Waals surface area contributed by atoms with Crippen LogP contribution in [0.2, 0.25) is 0 Å². The maximum absolute atomic E-state index is 12.6. The van der Waals surface area contributed by atoms with Gasteiger partial charge >= 0.3 is 6.09 Å². The number of hydrogen-bond donors (Lipinski definition) is 4. The fraction of sp³-hybridized carbons (Fsp3) is 0.870. The van der Waals surface area contributed by atoms with E-state index in [0.717, 1.165) is 12.8 Å². The van der Waals surface area contributed by atoms with Crippen molar-refractivity contribution in [1.29, 1.82) is 0 Å². The van der Waals surface area contributed by atoms with E-state index >= 15 is 0 Å². The van der Waals surface area contributed by atoms with Crippen LogP contribution in [0.4, 0.5) is 4.79 Å². The number of carbonyl (C=O) groups is 2. The van der Waals surface area contributed by atoms with Gasteiger partial charge in [-0.25, -0.2) is 4.79 Å². The topological polar surface area (TPSA) is 132 Å². The Hall–Kier alpha value is -1.99. The van der Waals surface area contributed by atoms with Crippen LogP contribution in [-0.2, 0) is 9.53 Å². The van der Waals surface area contributed by atoms with Gasteiger partial charge in [0.15, 0.2) is 5.96 Å². The van der Waals surface area contributed by atoms with Crippen molar-refractivity contribution in [1.82, 2.24) is 10.6 Å². The van der Waals surface area contributed by atoms with Gasteiger partial charge in [0.05, 0.1) is 0 Å². The second-order valence-electron chi connectivity index (χ2n) is 9.12. The number of aliphatic imine (C=N–C) groups is 1. The number of rotatable bonds is 17. The van der Waals surface area contributed by atoms with Gasteiger partial charge < -0.3 is 26.8 Å². The zero-order valence-electron chi connectivity index (χ0n) is 20.3. The Kier molecular flexibility index (Phi) is 16.5. The molecule has 6 N–H and O–H groups in total. The molecule has 2 amide bonds. The summed E-state index contributed by atoms with van der Waals surface area (Å²) in [7, 11) is 0. The molecule has 8 nitrogen and oxygen atoms in total. The molecule has 0 saturated heterocycles. The molecule has 0 spiro atoms. The molecule has 0 aliphatic heterocycles. The first-order valence-corrected chi connectivity index (χ1v) is 12.0. The van der Waals surface area contributed by atoms with Crippen molar-refractivity contribution in [2.45, 2.75) is 116 Å². The van der Waals surface area contributed by atoms with Crippen LogP contribution in [0, 0.1) is 0 Å². The minimum Gasteiger partial charge on any atom is -0.444 e. The highest BCUT2D eigenvalue weighted by Gasteiger charge is 2.23. The standard InChI is InChI=1S/C23H47N5O3/c1-5-6-7-8-9-10-11-12-13-14-17-26-20(29)19(16-15-18-27-21(24)25)28-22(30)31-23(2,3)4/h19H,5-18H2,1-4H3,(H,26,29)(H,28,30)(H4,24,25,27)/t19-/m0/s1. The van der Waals surface area contributed by atoms with E-state index in [9.17, 15) is 9.59 Å². The van der Waals surface area contributed by atoms with Crippen LogP contribution in [0.3, 0.4) is 0 Å². The summed E-state index contributed by atoms with van der Waals surface area (Å²) >= 11 is 0. The van der Waals surface area contributed by atoms with E-state index in [1.807, 2.05) is 0 Å². The van der Waals surface area contributed by atoms with Crippen molar-refractivity contribution < 1.29 is 14.3 Å². The van der Waals surface area contributed by atoms with Gasteiger partial charge in [-0.2, -0.15) is 0 Å². The number of alkyl carbamates (subject to hydrolysis) is 1. The van der Waals surface area contributed by atoms with E-state index in [4.69, 9.17) is 16.2 Å². The van der Waals surface area contributed by atoms with Crippen molar-refractivity contribution in [2.24, 2.45) is 16.5 Å². The van der Waals surface area contributed by atoms with Crippen molar-refractivity contribution in [3.8, 4) is 0 Å². The summed E-state index contributed by atoms with van der Waals surface area (Å²) in [6.45, 7) is 8.60. The molecule has 0 aliphatic rings. The van der Waals surface area contributed by atoms with Crippen LogP contribution in [0.15, 0.2) is 4.99 Å². The molecule has 0 rings (SSSR count). The molecule has 8 heteroatoms. The molecule has 31 heavy (non-hydrogen) atoms. The van der Waals surface area contributed by atoms with Crippen LogP contribution < -0.4 is 22.1 Å². The summed E-state index contributed by atoms with van der Waals surface area (Å²) in [5, 5.41) is 5.60. The lowest BCUT2D eigenvalue weighted by molar-refractivity contribution is -0.123. The number of hydrogen-bond acceptors (Lipinski definition) is 4. The van der Waals surface area contributed by atoms with Gasteiger partial charge in [0, 0.05) is 13.1 Å². The van der Waals surface area contributed by atoms with Crippen LogP contribution in [0.25, 0.3) is 0 Å². The third-order valence-electron chi connectivity index (χ3n) is 4.78. The number of nitrogens with one attached hydrogen (secondary N) is 2. The Labute approximate surface area is 189 Å². The largest absolute Gasteiger partial charge is 0.444 e. The Morgan fingerprint density at radius 3 is 1.97 bits per heavy atom. The van der Waals surface area contributed by atoms with Crippen LogP contribution >= 0.6 is 0 Å². The summed E-state index contributed by atoms with van der Waals surface area (Å²) in [6, 6.07) is -0.674. The molecule has 0 heterocycles. The third kappa shape index (κ3) is 19.7. The normalized spacial score (nSPS) is 12.1. The third-order valence-corrected chi connectivity index (χ3v) is 4.78. The van der Waals surface area contributed by atoms with Crippen molar-refractivity contribution in [3.05, 3.63) is 0 Å². The molecule has 0 radical (unpaired) electrons. The fourth-order valence-electron chi connectivity index (χ4n) is 3.17. The minimum atomic E-state index is -0.674. The van der Waals surface area contributed by atoms with E-state index in [1.54, 1.807) is 20.8 Å². The smallest absolute Gasteiger partial charge is 0.408 e. The molecule has 0 saturated carbocycles. The predicted molar refractivity (Wildman–Crippen MR) is 128 cm³/mol. The average Bonchev–Trinajstić information content (AvgIpc) is 2.66. The summed E-state index contributed by atoms with van der Waals surface area (Å²) in [6.07, 6.45) is 12.9. The zero-order valence-corrected chi connectivity index (χ0v) is 20.3. The summed E-state index contributed by atoms with van der Waals surface area (Å²) in [5.74, 6) is -0.187. The van der Waals surface area contributed by atoms with E-state index in [0.29, 0.717) is 25.9 Å². The van der Waals surface area contributed by atoms with Crippen molar-refractivity contribution in [3.63, 3.8) is 0 Å². The quantitative estimate of drug-likeness (QED) is 0.154. The molecule has 0 aromatic heterocycles. The summed E-state index contributed by atoms with van der Waals surface area (Å²) < 4.78 is 5.28.